The number of nitrogens with one attached hydrogen (secondary N) is 2. The summed E-state index contributed by atoms with van der Waals surface area (Å²) < 4.78 is 53.9. The van der Waals surface area contributed by atoms with Gasteiger partial charge in [-0.3, -0.25) is 4.72 Å². The van der Waals surface area contributed by atoms with Crippen molar-refractivity contribution in [2.75, 3.05) is 4.72 Å². The number of hydrogen-bond donors (Lipinski definition) is 2. The second-order valence-corrected chi connectivity index (χ2v) is 9.61. The summed E-state index contributed by atoms with van der Waals surface area (Å²) >= 11 is 6.01. The maximum absolute atomic E-state index is 12.4. The van der Waals surface area contributed by atoms with E-state index >= 15 is 0 Å². The molecule has 0 spiro atoms. The first kappa shape index (κ1) is 19.7. The van der Waals surface area contributed by atoms with Crippen LogP contribution < -0.4 is 9.44 Å². The standard InChI is InChI=1S/C16H19ClN2O4S2/c1-11(2)18-24(20,21)14-7-5-13(6-8-14)19-25(22,23)16-9-4-12(3)10-15(16)17/h4-11,18-19H,1-3H3. The van der Waals surface area contributed by atoms with Gasteiger partial charge < -0.3 is 0 Å². The van der Waals surface area contributed by atoms with Gasteiger partial charge in [0.25, 0.3) is 10.0 Å². The van der Waals surface area contributed by atoms with Crippen LogP contribution in [0.3, 0.4) is 0 Å². The summed E-state index contributed by atoms with van der Waals surface area (Å²) in [6.07, 6.45) is 0. The summed E-state index contributed by atoms with van der Waals surface area (Å²) in [5.41, 5.74) is 1.08. The van der Waals surface area contributed by atoms with Gasteiger partial charge in [-0.1, -0.05) is 17.7 Å². The number of anilines is 1. The van der Waals surface area contributed by atoms with E-state index < -0.39 is 20.0 Å². The quantitative estimate of drug-likeness (QED) is 0.776. The van der Waals surface area contributed by atoms with Crippen LogP contribution in [0.2, 0.25) is 5.02 Å². The molecule has 6 nitrogen and oxygen atoms in total. The lowest BCUT2D eigenvalue weighted by atomic mass is 10.2. The van der Waals surface area contributed by atoms with Crippen LogP contribution in [0.5, 0.6) is 0 Å². The lowest BCUT2D eigenvalue weighted by molar-refractivity contribution is 0.570. The Morgan fingerprint density at radius 2 is 1.52 bits per heavy atom. The molecule has 0 saturated carbocycles. The zero-order valence-electron chi connectivity index (χ0n) is 13.9. The van der Waals surface area contributed by atoms with Crippen LogP contribution in [0.4, 0.5) is 5.69 Å². The number of rotatable bonds is 6. The smallest absolute Gasteiger partial charge is 0.263 e. The Morgan fingerprint density at radius 1 is 0.920 bits per heavy atom. The van der Waals surface area contributed by atoms with Crippen molar-refractivity contribution in [2.24, 2.45) is 0 Å². The Labute approximate surface area is 153 Å². The Bertz CT molecular complexity index is 970. The molecule has 0 aromatic heterocycles. The first-order valence-electron chi connectivity index (χ1n) is 7.42. The molecular weight excluding hydrogens is 384 g/mol. The fourth-order valence-electron chi connectivity index (χ4n) is 2.11. The first-order chi connectivity index (χ1) is 11.5. The maximum Gasteiger partial charge on any atom is 0.263 e. The molecule has 9 heteroatoms. The summed E-state index contributed by atoms with van der Waals surface area (Å²) in [6, 6.07) is 9.82. The Balaban J connectivity index is 2.26. The summed E-state index contributed by atoms with van der Waals surface area (Å²) in [7, 11) is -7.51. The molecule has 0 fully saturated rings. The summed E-state index contributed by atoms with van der Waals surface area (Å²) in [5, 5.41) is 0.118. The molecule has 0 aliphatic carbocycles. The fourth-order valence-corrected chi connectivity index (χ4v) is 5.02. The van der Waals surface area contributed by atoms with E-state index in [1.165, 1.54) is 30.3 Å². The van der Waals surface area contributed by atoms with E-state index in [0.717, 1.165) is 5.56 Å². The number of halogens is 1. The zero-order chi connectivity index (χ0) is 18.8. The van der Waals surface area contributed by atoms with E-state index in [-0.39, 0.29) is 26.5 Å². The lowest BCUT2D eigenvalue weighted by Crippen LogP contribution is -2.30. The molecule has 0 atom stereocenters. The molecular formula is C16H19ClN2O4S2. The van der Waals surface area contributed by atoms with Gasteiger partial charge in [0.05, 0.1) is 9.92 Å². The van der Waals surface area contributed by atoms with Crippen molar-refractivity contribution in [3.8, 4) is 0 Å². The molecule has 0 bridgehead atoms. The van der Waals surface area contributed by atoms with Crippen LogP contribution >= 0.6 is 11.6 Å². The van der Waals surface area contributed by atoms with Crippen molar-refractivity contribution in [2.45, 2.75) is 36.6 Å². The average Bonchev–Trinajstić information content (AvgIpc) is 2.45. The molecule has 0 aliphatic rings. The summed E-state index contributed by atoms with van der Waals surface area (Å²) in [5.74, 6) is 0. The molecule has 136 valence electrons. The molecule has 2 N–H and O–H groups in total. The van der Waals surface area contributed by atoms with E-state index in [9.17, 15) is 16.8 Å². The minimum absolute atomic E-state index is 0.0436. The van der Waals surface area contributed by atoms with Gasteiger partial charge in [-0.15, -0.1) is 0 Å². The van der Waals surface area contributed by atoms with Crippen molar-refractivity contribution < 1.29 is 16.8 Å². The molecule has 0 saturated heterocycles. The first-order valence-corrected chi connectivity index (χ1v) is 10.8. The number of hydrogen-bond acceptors (Lipinski definition) is 4. The Morgan fingerprint density at radius 3 is 2.04 bits per heavy atom. The number of benzene rings is 2. The molecule has 2 rings (SSSR count). The van der Waals surface area contributed by atoms with Crippen LogP contribution in [0, 0.1) is 6.92 Å². The molecule has 25 heavy (non-hydrogen) atoms. The van der Waals surface area contributed by atoms with Gasteiger partial charge in [0.1, 0.15) is 4.90 Å². The third kappa shape index (κ3) is 4.94. The molecule has 0 aliphatic heterocycles. The molecule has 0 heterocycles. The van der Waals surface area contributed by atoms with Gasteiger partial charge in [0.2, 0.25) is 10.0 Å². The van der Waals surface area contributed by atoms with Gasteiger partial charge >= 0.3 is 0 Å². The topological polar surface area (TPSA) is 92.3 Å². The van der Waals surface area contributed by atoms with Crippen LogP contribution in [0.1, 0.15) is 19.4 Å². The highest BCUT2D eigenvalue weighted by Crippen LogP contribution is 2.25. The highest BCUT2D eigenvalue weighted by atomic mass is 35.5. The Kier molecular flexibility index (Phi) is 5.78. The van der Waals surface area contributed by atoms with E-state index in [2.05, 4.69) is 9.44 Å². The SMILES string of the molecule is Cc1ccc(S(=O)(=O)Nc2ccc(S(=O)(=O)NC(C)C)cc2)c(Cl)c1. The lowest BCUT2D eigenvalue weighted by Gasteiger charge is -2.12. The normalized spacial score (nSPS) is 12.4. The maximum atomic E-state index is 12.4. The molecule has 0 unspecified atom stereocenters. The van der Waals surface area contributed by atoms with Crippen LogP contribution in [-0.2, 0) is 20.0 Å². The van der Waals surface area contributed by atoms with Crippen molar-refractivity contribution >= 4 is 37.3 Å². The molecule has 0 radical (unpaired) electrons. The van der Waals surface area contributed by atoms with Crippen molar-refractivity contribution in [3.63, 3.8) is 0 Å². The predicted molar refractivity (Wildman–Crippen MR) is 98.9 cm³/mol. The van der Waals surface area contributed by atoms with E-state index in [1.54, 1.807) is 32.9 Å². The summed E-state index contributed by atoms with van der Waals surface area (Å²) in [6.45, 7) is 5.23. The van der Waals surface area contributed by atoms with Crippen molar-refractivity contribution in [3.05, 3.63) is 53.1 Å². The molecule has 0 amide bonds. The molecule has 2 aromatic carbocycles. The van der Waals surface area contributed by atoms with E-state index in [0.29, 0.717) is 0 Å². The van der Waals surface area contributed by atoms with Crippen molar-refractivity contribution in [1.29, 1.82) is 0 Å². The van der Waals surface area contributed by atoms with Crippen molar-refractivity contribution in [1.82, 2.24) is 4.72 Å². The second kappa shape index (κ2) is 7.33. The largest absolute Gasteiger partial charge is 0.280 e. The Hall–Kier alpha value is -1.61. The van der Waals surface area contributed by atoms with Gasteiger partial charge in [0, 0.05) is 11.7 Å². The zero-order valence-corrected chi connectivity index (χ0v) is 16.3. The minimum Gasteiger partial charge on any atom is -0.280 e. The van der Waals surface area contributed by atoms with Gasteiger partial charge in [0.15, 0.2) is 0 Å². The highest BCUT2D eigenvalue weighted by Gasteiger charge is 2.19. The third-order valence-electron chi connectivity index (χ3n) is 3.18. The second-order valence-electron chi connectivity index (χ2n) is 5.84. The van der Waals surface area contributed by atoms with Crippen LogP contribution in [0.15, 0.2) is 52.3 Å². The minimum atomic E-state index is -3.88. The third-order valence-corrected chi connectivity index (χ3v) is 6.72. The monoisotopic (exact) mass is 402 g/mol. The van der Waals surface area contributed by atoms with E-state index in [4.69, 9.17) is 11.6 Å². The van der Waals surface area contributed by atoms with Crippen LogP contribution in [-0.4, -0.2) is 22.9 Å². The van der Waals surface area contributed by atoms with Gasteiger partial charge in [-0.25, -0.2) is 21.6 Å². The fraction of sp³-hybridized carbons (Fsp3) is 0.250. The average molecular weight is 403 g/mol. The number of aryl methyl sites for hydroxylation is 1. The van der Waals surface area contributed by atoms with Gasteiger partial charge in [-0.2, -0.15) is 0 Å². The predicted octanol–water partition coefficient (Wildman–Crippen LogP) is 3.14. The van der Waals surface area contributed by atoms with Gasteiger partial charge in [-0.05, 0) is 62.7 Å². The summed E-state index contributed by atoms with van der Waals surface area (Å²) in [4.78, 5) is 0.00968. The number of sulfonamides is 2. The van der Waals surface area contributed by atoms with E-state index in [1.807, 2.05) is 0 Å². The molecule has 2 aromatic rings. The van der Waals surface area contributed by atoms with Crippen LogP contribution in [0.25, 0.3) is 0 Å². The highest BCUT2D eigenvalue weighted by molar-refractivity contribution is 7.92.